The van der Waals surface area contributed by atoms with Crippen LogP contribution in [-0.2, 0) is 13.0 Å². The predicted octanol–water partition coefficient (Wildman–Crippen LogP) is 2.39. The van der Waals surface area contributed by atoms with Crippen LogP contribution < -0.4 is 10.5 Å². The summed E-state index contributed by atoms with van der Waals surface area (Å²) in [5.41, 5.74) is 9.95. The van der Waals surface area contributed by atoms with Gasteiger partial charge in [-0.05, 0) is 23.8 Å². The number of hydrogen-bond acceptors (Lipinski definition) is 3. The zero-order chi connectivity index (χ0) is 13.9. The van der Waals surface area contributed by atoms with E-state index in [4.69, 9.17) is 10.5 Å². The third kappa shape index (κ3) is 2.38. The Bertz CT molecular complexity index is 733. The number of hydrogen-bond donors (Lipinski definition) is 1. The molecule has 0 aliphatic rings. The molecule has 0 aliphatic carbocycles. The fourth-order valence-corrected chi connectivity index (χ4v) is 2.36. The van der Waals surface area contributed by atoms with E-state index in [0.29, 0.717) is 6.54 Å². The normalized spacial score (nSPS) is 10.9. The van der Waals surface area contributed by atoms with Crippen LogP contribution in [0, 0.1) is 0 Å². The minimum absolute atomic E-state index is 0.500. The number of fused-ring (bicyclic) bond motifs is 1. The van der Waals surface area contributed by atoms with E-state index < -0.39 is 0 Å². The lowest BCUT2D eigenvalue weighted by Gasteiger charge is -2.02. The fraction of sp³-hybridized carbons (Fsp3) is 0.188. The zero-order valence-electron chi connectivity index (χ0n) is 11.4. The summed E-state index contributed by atoms with van der Waals surface area (Å²) < 4.78 is 7.27. The van der Waals surface area contributed by atoms with Crippen LogP contribution in [0.2, 0.25) is 0 Å². The average Bonchev–Trinajstić information content (AvgIpc) is 2.89. The lowest BCUT2D eigenvalue weighted by atomic mass is 10.1. The van der Waals surface area contributed by atoms with Crippen molar-refractivity contribution in [3.63, 3.8) is 0 Å². The second-order valence-corrected chi connectivity index (χ2v) is 4.73. The van der Waals surface area contributed by atoms with Gasteiger partial charge in [0.1, 0.15) is 11.4 Å². The summed E-state index contributed by atoms with van der Waals surface area (Å²) in [6.45, 7) is 0.500. The van der Waals surface area contributed by atoms with Gasteiger partial charge < -0.3 is 14.9 Å². The minimum atomic E-state index is 0.500. The van der Waals surface area contributed by atoms with Gasteiger partial charge in [0.05, 0.1) is 12.8 Å². The van der Waals surface area contributed by atoms with Gasteiger partial charge in [0.25, 0.3) is 0 Å². The molecule has 0 radical (unpaired) electrons. The predicted molar refractivity (Wildman–Crippen MR) is 78.9 cm³/mol. The molecular weight excluding hydrogens is 250 g/mol. The van der Waals surface area contributed by atoms with E-state index in [2.05, 4.69) is 11.1 Å². The Morgan fingerprint density at radius 2 is 2.15 bits per heavy atom. The molecule has 0 bridgehead atoms. The van der Waals surface area contributed by atoms with E-state index in [-0.39, 0.29) is 0 Å². The van der Waals surface area contributed by atoms with E-state index in [0.717, 1.165) is 29.1 Å². The second-order valence-electron chi connectivity index (χ2n) is 4.73. The Labute approximate surface area is 117 Å². The van der Waals surface area contributed by atoms with Crippen molar-refractivity contribution in [2.24, 2.45) is 5.73 Å². The van der Waals surface area contributed by atoms with Crippen molar-refractivity contribution in [1.29, 1.82) is 0 Å². The van der Waals surface area contributed by atoms with Gasteiger partial charge in [0.2, 0.25) is 0 Å². The third-order valence-electron chi connectivity index (χ3n) is 3.35. The third-order valence-corrected chi connectivity index (χ3v) is 3.35. The van der Waals surface area contributed by atoms with Crippen molar-refractivity contribution in [2.45, 2.75) is 13.0 Å². The molecule has 0 atom stereocenters. The van der Waals surface area contributed by atoms with Gasteiger partial charge in [0, 0.05) is 30.9 Å². The van der Waals surface area contributed by atoms with Crippen molar-refractivity contribution in [3.05, 3.63) is 65.6 Å². The molecule has 0 saturated carbocycles. The largest absolute Gasteiger partial charge is 0.497 e. The van der Waals surface area contributed by atoms with Gasteiger partial charge in [-0.3, -0.25) is 0 Å². The van der Waals surface area contributed by atoms with Crippen LogP contribution in [0.4, 0.5) is 0 Å². The monoisotopic (exact) mass is 267 g/mol. The summed E-state index contributed by atoms with van der Waals surface area (Å²) in [7, 11) is 1.68. The first kappa shape index (κ1) is 12.7. The molecule has 0 aliphatic heterocycles. The van der Waals surface area contributed by atoms with Gasteiger partial charge >= 0.3 is 0 Å². The van der Waals surface area contributed by atoms with Crippen LogP contribution in [0.25, 0.3) is 5.65 Å². The molecule has 20 heavy (non-hydrogen) atoms. The number of benzene rings is 1. The Hall–Kier alpha value is -2.33. The van der Waals surface area contributed by atoms with Crippen molar-refractivity contribution < 1.29 is 4.74 Å². The fourth-order valence-electron chi connectivity index (χ4n) is 2.36. The van der Waals surface area contributed by atoms with Gasteiger partial charge in [0.15, 0.2) is 0 Å². The summed E-state index contributed by atoms with van der Waals surface area (Å²) in [5.74, 6) is 0.869. The number of methoxy groups -OCH3 is 1. The first-order valence-corrected chi connectivity index (χ1v) is 6.58. The number of imidazole rings is 1. The molecule has 0 fully saturated rings. The SMILES string of the molecule is COc1cccc(Cc2cn3cccc(CN)c3n2)c1. The lowest BCUT2D eigenvalue weighted by molar-refractivity contribution is 0.414. The van der Waals surface area contributed by atoms with Gasteiger partial charge in [-0.15, -0.1) is 0 Å². The van der Waals surface area contributed by atoms with E-state index >= 15 is 0 Å². The zero-order valence-corrected chi connectivity index (χ0v) is 11.4. The molecule has 2 aromatic heterocycles. The van der Waals surface area contributed by atoms with Crippen LogP contribution in [-0.4, -0.2) is 16.5 Å². The van der Waals surface area contributed by atoms with Crippen molar-refractivity contribution in [3.8, 4) is 5.75 Å². The molecule has 2 N–H and O–H groups in total. The standard InChI is InChI=1S/C16H17N3O/c1-20-15-6-2-4-12(9-15)8-14-11-19-7-3-5-13(10-17)16(19)18-14/h2-7,9,11H,8,10,17H2,1H3. The highest BCUT2D eigenvalue weighted by Gasteiger charge is 2.06. The van der Waals surface area contributed by atoms with Crippen molar-refractivity contribution in [2.75, 3.05) is 7.11 Å². The molecule has 102 valence electrons. The van der Waals surface area contributed by atoms with E-state index in [1.807, 2.05) is 47.1 Å². The molecule has 3 aromatic rings. The maximum Gasteiger partial charge on any atom is 0.141 e. The minimum Gasteiger partial charge on any atom is -0.497 e. The Balaban J connectivity index is 1.94. The van der Waals surface area contributed by atoms with Crippen molar-refractivity contribution >= 4 is 5.65 Å². The topological polar surface area (TPSA) is 52.5 Å². The molecule has 0 saturated heterocycles. The molecule has 1 aromatic carbocycles. The van der Waals surface area contributed by atoms with Crippen LogP contribution in [0.3, 0.4) is 0 Å². The first-order chi connectivity index (χ1) is 9.80. The quantitative estimate of drug-likeness (QED) is 0.789. The van der Waals surface area contributed by atoms with E-state index in [1.54, 1.807) is 7.11 Å². The summed E-state index contributed by atoms with van der Waals surface area (Å²) in [6, 6.07) is 12.1. The highest BCUT2D eigenvalue weighted by molar-refractivity contribution is 5.49. The second kappa shape index (κ2) is 5.35. The summed E-state index contributed by atoms with van der Waals surface area (Å²) in [4.78, 5) is 4.68. The molecule has 0 spiro atoms. The number of aromatic nitrogens is 2. The summed E-state index contributed by atoms with van der Waals surface area (Å²) in [6.07, 6.45) is 4.83. The Morgan fingerprint density at radius 3 is 2.95 bits per heavy atom. The summed E-state index contributed by atoms with van der Waals surface area (Å²) in [5, 5.41) is 0. The number of ether oxygens (including phenoxy) is 1. The van der Waals surface area contributed by atoms with Crippen LogP contribution in [0.1, 0.15) is 16.8 Å². The molecule has 0 amide bonds. The Morgan fingerprint density at radius 1 is 1.25 bits per heavy atom. The van der Waals surface area contributed by atoms with Crippen molar-refractivity contribution in [1.82, 2.24) is 9.38 Å². The number of rotatable bonds is 4. The van der Waals surface area contributed by atoms with Gasteiger partial charge in [-0.1, -0.05) is 18.2 Å². The molecule has 3 rings (SSSR count). The van der Waals surface area contributed by atoms with Crippen LogP contribution in [0.5, 0.6) is 5.75 Å². The number of nitrogens with zero attached hydrogens (tertiary/aromatic N) is 2. The molecular formula is C16H17N3O. The summed E-state index contributed by atoms with van der Waals surface area (Å²) >= 11 is 0. The lowest BCUT2D eigenvalue weighted by Crippen LogP contribution is -1.99. The van der Waals surface area contributed by atoms with E-state index in [1.165, 1.54) is 5.56 Å². The molecule has 4 heteroatoms. The number of pyridine rings is 1. The molecule has 2 heterocycles. The average molecular weight is 267 g/mol. The highest BCUT2D eigenvalue weighted by atomic mass is 16.5. The Kier molecular flexibility index (Phi) is 3.39. The van der Waals surface area contributed by atoms with Gasteiger partial charge in [-0.2, -0.15) is 0 Å². The van der Waals surface area contributed by atoms with E-state index in [9.17, 15) is 0 Å². The van der Waals surface area contributed by atoms with Crippen LogP contribution >= 0.6 is 0 Å². The molecule has 4 nitrogen and oxygen atoms in total. The number of nitrogens with two attached hydrogens (primary N) is 1. The molecule has 0 unspecified atom stereocenters. The van der Waals surface area contributed by atoms with Crippen LogP contribution in [0.15, 0.2) is 48.8 Å². The smallest absolute Gasteiger partial charge is 0.141 e. The first-order valence-electron chi connectivity index (χ1n) is 6.58. The maximum atomic E-state index is 5.75. The maximum absolute atomic E-state index is 5.75. The highest BCUT2D eigenvalue weighted by Crippen LogP contribution is 2.17. The van der Waals surface area contributed by atoms with Gasteiger partial charge in [-0.25, -0.2) is 4.98 Å².